The third-order valence-electron chi connectivity index (χ3n) is 3.53. The molecule has 0 saturated carbocycles. The number of hydrogen-bond acceptors (Lipinski definition) is 3. The monoisotopic (exact) mass is 248 g/mol. The molecule has 0 spiro atoms. The van der Waals surface area contributed by atoms with Crippen LogP contribution in [-0.4, -0.2) is 44.3 Å². The quantitative estimate of drug-likeness (QED) is 0.882. The smallest absolute Gasteiger partial charge is 0.0896 e. The maximum atomic E-state index is 5.94. The van der Waals surface area contributed by atoms with Gasteiger partial charge in [0.15, 0.2) is 0 Å². The van der Waals surface area contributed by atoms with E-state index >= 15 is 0 Å². The van der Waals surface area contributed by atoms with Crippen molar-refractivity contribution in [3.8, 4) is 0 Å². The van der Waals surface area contributed by atoms with Crippen LogP contribution >= 0.6 is 0 Å². The minimum absolute atomic E-state index is 0.242. The predicted octanol–water partition coefficient (Wildman–Crippen LogP) is 1.98. The van der Waals surface area contributed by atoms with E-state index in [-0.39, 0.29) is 6.10 Å². The summed E-state index contributed by atoms with van der Waals surface area (Å²) in [5.74, 6) is 0. The first kappa shape index (κ1) is 13.5. The molecule has 0 amide bonds. The number of morpholine rings is 1. The van der Waals surface area contributed by atoms with Gasteiger partial charge in [-0.2, -0.15) is 0 Å². The molecule has 3 heteroatoms. The average Bonchev–Trinajstić information content (AvgIpc) is 2.37. The lowest BCUT2D eigenvalue weighted by Crippen LogP contribution is -2.46. The van der Waals surface area contributed by atoms with E-state index in [1.807, 2.05) is 0 Å². The molecule has 0 radical (unpaired) electrons. The molecule has 1 aliphatic heterocycles. The summed E-state index contributed by atoms with van der Waals surface area (Å²) in [6.07, 6.45) is 0.242. The summed E-state index contributed by atoms with van der Waals surface area (Å²) in [5.41, 5.74) is 2.62. The maximum Gasteiger partial charge on any atom is 0.0896 e. The van der Waals surface area contributed by atoms with Crippen LogP contribution in [-0.2, 0) is 4.74 Å². The van der Waals surface area contributed by atoms with Gasteiger partial charge in [-0.3, -0.25) is 0 Å². The summed E-state index contributed by atoms with van der Waals surface area (Å²) in [7, 11) is 2.16. The molecule has 1 heterocycles. The molecule has 1 N–H and O–H groups in total. The van der Waals surface area contributed by atoms with Crippen molar-refractivity contribution in [1.29, 1.82) is 0 Å². The second kappa shape index (κ2) is 6.32. The van der Waals surface area contributed by atoms with E-state index in [4.69, 9.17) is 4.74 Å². The lowest BCUT2D eigenvalue weighted by molar-refractivity contribution is -0.0390. The van der Waals surface area contributed by atoms with Gasteiger partial charge in [0.2, 0.25) is 0 Å². The van der Waals surface area contributed by atoms with Crippen LogP contribution in [0, 0.1) is 6.92 Å². The molecule has 1 aromatic carbocycles. The van der Waals surface area contributed by atoms with E-state index in [1.54, 1.807) is 0 Å². The van der Waals surface area contributed by atoms with E-state index in [0.29, 0.717) is 6.04 Å². The topological polar surface area (TPSA) is 24.5 Å². The van der Waals surface area contributed by atoms with Crippen LogP contribution in [0.1, 0.15) is 24.1 Å². The number of hydrogen-bond donors (Lipinski definition) is 1. The third kappa shape index (κ3) is 3.31. The van der Waals surface area contributed by atoms with Crippen molar-refractivity contribution in [2.75, 3.05) is 33.3 Å². The number of ether oxygens (including phenoxy) is 1. The van der Waals surface area contributed by atoms with Crippen molar-refractivity contribution in [3.05, 3.63) is 35.4 Å². The Hall–Kier alpha value is -0.900. The Labute approximate surface area is 110 Å². The SMILES string of the molecule is CCNC(c1ccc(C)cc1)C1CN(C)CCO1. The number of nitrogens with one attached hydrogen (secondary N) is 1. The molecular weight excluding hydrogens is 224 g/mol. The van der Waals surface area contributed by atoms with E-state index in [0.717, 1.165) is 26.2 Å². The van der Waals surface area contributed by atoms with Crippen molar-refractivity contribution >= 4 is 0 Å². The second-order valence-corrected chi connectivity index (χ2v) is 5.12. The minimum Gasteiger partial charge on any atom is -0.374 e. The average molecular weight is 248 g/mol. The molecule has 0 bridgehead atoms. The van der Waals surface area contributed by atoms with Crippen LogP contribution in [0.2, 0.25) is 0 Å². The van der Waals surface area contributed by atoms with Crippen molar-refractivity contribution in [1.82, 2.24) is 10.2 Å². The lowest BCUT2D eigenvalue weighted by atomic mass is 9.99. The van der Waals surface area contributed by atoms with Gasteiger partial charge in [-0.1, -0.05) is 36.8 Å². The van der Waals surface area contributed by atoms with Crippen LogP contribution in [0.3, 0.4) is 0 Å². The second-order valence-electron chi connectivity index (χ2n) is 5.12. The Kier molecular flexibility index (Phi) is 4.75. The number of benzene rings is 1. The minimum atomic E-state index is 0.242. The van der Waals surface area contributed by atoms with E-state index in [2.05, 4.69) is 55.4 Å². The zero-order valence-corrected chi connectivity index (χ0v) is 11.6. The van der Waals surface area contributed by atoms with Gasteiger partial charge in [-0.15, -0.1) is 0 Å². The van der Waals surface area contributed by atoms with E-state index in [9.17, 15) is 0 Å². The van der Waals surface area contributed by atoms with Crippen LogP contribution in [0.4, 0.5) is 0 Å². The molecule has 3 nitrogen and oxygen atoms in total. The highest BCUT2D eigenvalue weighted by atomic mass is 16.5. The standard InChI is InChI=1S/C15H24N2O/c1-4-16-15(13-7-5-12(2)6-8-13)14-11-17(3)9-10-18-14/h5-8,14-16H,4,9-11H2,1-3H3. The number of rotatable bonds is 4. The van der Waals surface area contributed by atoms with E-state index in [1.165, 1.54) is 11.1 Å². The van der Waals surface area contributed by atoms with Gasteiger partial charge in [0.1, 0.15) is 0 Å². The summed E-state index contributed by atoms with van der Waals surface area (Å²) in [6, 6.07) is 9.05. The molecule has 18 heavy (non-hydrogen) atoms. The predicted molar refractivity (Wildman–Crippen MR) is 74.8 cm³/mol. The van der Waals surface area contributed by atoms with Gasteiger partial charge in [0.05, 0.1) is 18.8 Å². The van der Waals surface area contributed by atoms with Crippen LogP contribution < -0.4 is 5.32 Å². The molecule has 0 aliphatic carbocycles. The van der Waals surface area contributed by atoms with Crippen LogP contribution in [0.25, 0.3) is 0 Å². The first-order valence-electron chi connectivity index (χ1n) is 6.81. The molecule has 1 fully saturated rings. The zero-order valence-electron chi connectivity index (χ0n) is 11.6. The summed E-state index contributed by atoms with van der Waals surface area (Å²) < 4.78 is 5.94. The first-order valence-corrected chi connectivity index (χ1v) is 6.81. The molecule has 1 aromatic rings. The van der Waals surface area contributed by atoms with Crippen molar-refractivity contribution in [3.63, 3.8) is 0 Å². The Bertz CT molecular complexity index is 363. The molecule has 100 valence electrons. The molecule has 1 saturated heterocycles. The molecule has 2 unspecified atom stereocenters. The first-order chi connectivity index (χ1) is 8.70. The summed E-state index contributed by atoms with van der Waals surface area (Å²) >= 11 is 0. The van der Waals surface area contributed by atoms with Crippen molar-refractivity contribution in [2.45, 2.75) is 26.0 Å². The number of nitrogens with zero attached hydrogens (tertiary/aromatic N) is 1. The van der Waals surface area contributed by atoms with Gasteiger partial charge in [-0.25, -0.2) is 0 Å². The van der Waals surface area contributed by atoms with Gasteiger partial charge in [-0.05, 0) is 26.1 Å². The summed E-state index contributed by atoms with van der Waals surface area (Å²) in [6.45, 7) is 8.08. The molecule has 0 aromatic heterocycles. The third-order valence-corrected chi connectivity index (χ3v) is 3.53. The normalized spacial score (nSPS) is 22.9. The van der Waals surface area contributed by atoms with Crippen molar-refractivity contribution in [2.24, 2.45) is 0 Å². The van der Waals surface area contributed by atoms with Gasteiger partial charge in [0, 0.05) is 13.1 Å². The fraction of sp³-hybridized carbons (Fsp3) is 0.600. The molecule has 2 rings (SSSR count). The Morgan fingerprint density at radius 1 is 1.39 bits per heavy atom. The van der Waals surface area contributed by atoms with Gasteiger partial charge >= 0.3 is 0 Å². The van der Waals surface area contributed by atoms with Crippen LogP contribution in [0.5, 0.6) is 0 Å². The Morgan fingerprint density at radius 3 is 2.72 bits per heavy atom. The van der Waals surface area contributed by atoms with E-state index < -0.39 is 0 Å². The Morgan fingerprint density at radius 2 is 2.11 bits per heavy atom. The maximum absolute atomic E-state index is 5.94. The highest BCUT2D eigenvalue weighted by Crippen LogP contribution is 2.22. The molecule has 2 atom stereocenters. The van der Waals surface area contributed by atoms with Crippen LogP contribution in [0.15, 0.2) is 24.3 Å². The summed E-state index contributed by atoms with van der Waals surface area (Å²) in [4.78, 5) is 2.34. The molecular formula is C15H24N2O. The van der Waals surface area contributed by atoms with Crippen molar-refractivity contribution < 1.29 is 4.74 Å². The fourth-order valence-electron chi connectivity index (χ4n) is 2.47. The molecule has 1 aliphatic rings. The number of aryl methyl sites for hydroxylation is 1. The summed E-state index contributed by atoms with van der Waals surface area (Å²) in [5, 5.41) is 3.56. The lowest BCUT2D eigenvalue weighted by Gasteiger charge is -2.35. The largest absolute Gasteiger partial charge is 0.374 e. The van der Waals surface area contributed by atoms with Gasteiger partial charge in [0.25, 0.3) is 0 Å². The van der Waals surface area contributed by atoms with Gasteiger partial charge < -0.3 is 15.0 Å². The Balaban J connectivity index is 2.13. The number of likely N-dealkylation sites (N-methyl/N-ethyl adjacent to an activating group) is 2. The fourth-order valence-corrected chi connectivity index (χ4v) is 2.47. The highest BCUT2D eigenvalue weighted by Gasteiger charge is 2.27. The zero-order chi connectivity index (χ0) is 13.0. The highest BCUT2D eigenvalue weighted by molar-refractivity contribution is 5.25.